The zero-order valence-electron chi connectivity index (χ0n) is 13.0. The molecule has 0 saturated heterocycles. The number of nitrogens with two attached hydrogens (primary N) is 1. The Labute approximate surface area is 144 Å². The molecule has 1 aliphatic rings. The highest BCUT2D eigenvalue weighted by molar-refractivity contribution is 6.30. The molecule has 7 nitrogen and oxygen atoms in total. The first-order valence-electron chi connectivity index (χ1n) is 7.37. The van der Waals surface area contributed by atoms with Crippen LogP contribution in [0.4, 0.5) is 0 Å². The highest BCUT2D eigenvalue weighted by atomic mass is 35.5. The summed E-state index contributed by atoms with van der Waals surface area (Å²) in [6.07, 6.45) is -1.91. The number of halogens is 1. The number of benzene rings is 1. The Bertz CT molecular complexity index is 646. The lowest BCUT2D eigenvalue weighted by Crippen LogP contribution is -2.47. The van der Waals surface area contributed by atoms with Gasteiger partial charge in [-0.3, -0.25) is 9.59 Å². The number of nitrogens with one attached hydrogen (secondary N) is 1. The average Bonchev–Trinajstić information content (AvgIpc) is 2.53. The lowest BCUT2D eigenvalue weighted by Gasteiger charge is -2.31. The number of carbonyl (C=O) groups is 2. The van der Waals surface area contributed by atoms with Crippen molar-refractivity contribution in [3.05, 3.63) is 40.9 Å². The number of hydrogen-bond acceptors (Lipinski definition) is 5. The van der Waals surface area contributed by atoms with Crippen molar-refractivity contribution in [2.45, 2.75) is 37.7 Å². The number of carbonyl (C=O) groups excluding carboxylic acids is 2. The molecule has 1 aromatic carbocycles. The highest BCUT2D eigenvalue weighted by Crippen LogP contribution is 2.25. The summed E-state index contributed by atoms with van der Waals surface area (Å²) in [4.78, 5) is 23.2. The normalized spacial score (nSPS) is 24.7. The molecule has 0 aromatic heterocycles. The van der Waals surface area contributed by atoms with Gasteiger partial charge in [0.05, 0.1) is 6.10 Å². The van der Waals surface area contributed by atoms with E-state index in [0.717, 1.165) is 0 Å². The molecule has 0 fully saturated rings. The number of aliphatic hydroxyl groups is 2. The second-order valence-corrected chi connectivity index (χ2v) is 6.02. The van der Waals surface area contributed by atoms with E-state index in [1.807, 2.05) is 0 Å². The lowest BCUT2D eigenvalue weighted by molar-refractivity contribution is -0.125. The molecule has 24 heavy (non-hydrogen) atoms. The Kier molecular flexibility index (Phi) is 5.82. The minimum Gasteiger partial charge on any atom is -0.484 e. The zero-order valence-corrected chi connectivity index (χ0v) is 13.7. The molecular weight excluding hydrogens is 336 g/mol. The van der Waals surface area contributed by atoms with Gasteiger partial charge in [-0.25, -0.2) is 0 Å². The van der Waals surface area contributed by atoms with Crippen LogP contribution in [0.15, 0.2) is 35.9 Å². The molecule has 8 heteroatoms. The maximum absolute atomic E-state index is 12.2. The molecule has 2 rings (SSSR count). The number of ether oxygens (including phenoxy) is 1. The molecule has 130 valence electrons. The summed E-state index contributed by atoms with van der Waals surface area (Å²) < 4.78 is 5.61. The van der Waals surface area contributed by atoms with Crippen LogP contribution in [-0.2, 0) is 9.59 Å². The molecule has 0 saturated carbocycles. The van der Waals surface area contributed by atoms with Crippen LogP contribution in [0, 0.1) is 0 Å². The fraction of sp³-hybridized carbons (Fsp3) is 0.375. The van der Waals surface area contributed by atoms with Crippen molar-refractivity contribution in [3.63, 3.8) is 0 Å². The predicted molar refractivity (Wildman–Crippen MR) is 87.4 cm³/mol. The Hall–Kier alpha value is -2.09. The van der Waals surface area contributed by atoms with Crippen LogP contribution in [0.25, 0.3) is 0 Å². The van der Waals surface area contributed by atoms with Gasteiger partial charge in [0.15, 0.2) is 0 Å². The molecule has 4 unspecified atom stereocenters. The first-order valence-corrected chi connectivity index (χ1v) is 7.75. The summed E-state index contributed by atoms with van der Waals surface area (Å²) in [5.74, 6) is -0.787. The van der Waals surface area contributed by atoms with Gasteiger partial charge in [0, 0.05) is 17.0 Å². The predicted octanol–water partition coefficient (Wildman–Crippen LogP) is 0.129. The standard InChI is InChI=1S/C16H19ClN2O5/c1-8(15(18)22)19-16(23)9-6-12(20)14(21)13(7-9)24-11-4-2-10(17)3-5-11/h2-5,7-8,12-14,20-21H,6H2,1H3,(H2,18,22)(H,19,23). The van der Waals surface area contributed by atoms with E-state index in [0.29, 0.717) is 10.8 Å². The van der Waals surface area contributed by atoms with Crippen LogP contribution in [-0.4, -0.2) is 46.4 Å². The van der Waals surface area contributed by atoms with Gasteiger partial charge in [0.2, 0.25) is 11.8 Å². The van der Waals surface area contributed by atoms with Crippen molar-refractivity contribution in [1.82, 2.24) is 5.32 Å². The quantitative estimate of drug-likeness (QED) is 0.598. The van der Waals surface area contributed by atoms with Crippen LogP contribution >= 0.6 is 11.6 Å². The summed E-state index contributed by atoms with van der Waals surface area (Å²) in [6, 6.07) is 5.61. The molecule has 2 amide bonds. The third-order valence-corrected chi connectivity index (χ3v) is 3.93. The number of amides is 2. The first-order chi connectivity index (χ1) is 11.3. The monoisotopic (exact) mass is 354 g/mol. The van der Waals surface area contributed by atoms with Crippen molar-refractivity contribution in [2.75, 3.05) is 0 Å². The van der Waals surface area contributed by atoms with Crippen LogP contribution < -0.4 is 15.8 Å². The number of aliphatic hydroxyl groups excluding tert-OH is 2. The number of hydrogen-bond donors (Lipinski definition) is 4. The first kappa shape index (κ1) is 18.3. The second kappa shape index (κ2) is 7.65. The van der Waals surface area contributed by atoms with Crippen molar-refractivity contribution in [3.8, 4) is 5.75 Å². The minimum absolute atomic E-state index is 0.0566. The van der Waals surface area contributed by atoms with E-state index < -0.39 is 36.2 Å². The van der Waals surface area contributed by atoms with Gasteiger partial charge < -0.3 is 26.0 Å². The maximum Gasteiger partial charge on any atom is 0.247 e. The Morgan fingerprint density at radius 2 is 1.96 bits per heavy atom. The van der Waals surface area contributed by atoms with E-state index in [2.05, 4.69) is 5.32 Å². The van der Waals surface area contributed by atoms with Gasteiger partial charge in [-0.05, 0) is 37.3 Å². The summed E-state index contributed by atoms with van der Waals surface area (Å²) in [5, 5.41) is 23.0. The fourth-order valence-corrected chi connectivity index (χ4v) is 2.36. The molecule has 1 aromatic rings. The Morgan fingerprint density at radius 3 is 2.54 bits per heavy atom. The molecule has 0 radical (unpaired) electrons. The highest BCUT2D eigenvalue weighted by Gasteiger charge is 2.34. The maximum atomic E-state index is 12.2. The van der Waals surface area contributed by atoms with E-state index in [1.54, 1.807) is 24.3 Å². The molecule has 5 N–H and O–H groups in total. The van der Waals surface area contributed by atoms with Crippen molar-refractivity contribution in [2.24, 2.45) is 5.73 Å². The van der Waals surface area contributed by atoms with Gasteiger partial charge in [0.25, 0.3) is 0 Å². The van der Waals surface area contributed by atoms with Crippen molar-refractivity contribution < 1.29 is 24.5 Å². The second-order valence-electron chi connectivity index (χ2n) is 5.59. The van der Waals surface area contributed by atoms with Gasteiger partial charge in [-0.1, -0.05) is 11.6 Å². The number of primary amides is 1. The number of rotatable bonds is 5. The topological polar surface area (TPSA) is 122 Å². The fourth-order valence-electron chi connectivity index (χ4n) is 2.23. The third kappa shape index (κ3) is 4.47. The molecular formula is C16H19ClN2O5. The molecule has 1 aliphatic carbocycles. The lowest BCUT2D eigenvalue weighted by atomic mass is 9.91. The van der Waals surface area contributed by atoms with Gasteiger partial charge >= 0.3 is 0 Å². The van der Waals surface area contributed by atoms with Gasteiger partial charge in [-0.15, -0.1) is 0 Å². The third-order valence-electron chi connectivity index (χ3n) is 3.68. The molecule has 0 aliphatic heterocycles. The summed E-state index contributed by atoms with van der Waals surface area (Å²) >= 11 is 5.80. The van der Waals surface area contributed by atoms with Gasteiger partial charge in [-0.2, -0.15) is 0 Å². The average molecular weight is 355 g/mol. The smallest absolute Gasteiger partial charge is 0.247 e. The molecule has 4 atom stereocenters. The van der Waals surface area contributed by atoms with Crippen molar-refractivity contribution in [1.29, 1.82) is 0 Å². The molecule has 0 heterocycles. The van der Waals surface area contributed by atoms with E-state index in [9.17, 15) is 19.8 Å². The largest absolute Gasteiger partial charge is 0.484 e. The molecule has 0 spiro atoms. The Morgan fingerprint density at radius 1 is 1.33 bits per heavy atom. The van der Waals surface area contributed by atoms with E-state index in [1.165, 1.54) is 13.0 Å². The van der Waals surface area contributed by atoms with Crippen LogP contribution in [0.3, 0.4) is 0 Å². The zero-order chi connectivity index (χ0) is 17.9. The SMILES string of the molecule is CC(NC(=O)C1=CC(Oc2ccc(Cl)cc2)C(O)C(O)C1)C(N)=O. The minimum atomic E-state index is -1.19. The molecule has 0 bridgehead atoms. The summed E-state index contributed by atoms with van der Waals surface area (Å²) in [7, 11) is 0. The Balaban J connectivity index is 2.15. The summed E-state index contributed by atoms with van der Waals surface area (Å²) in [5.41, 5.74) is 5.32. The van der Waals surface area contributed by atoms with E-state index in [4.69, 9.17) is 22.1 Å². The van der Waals surface area contributed by atoms with E-state index >= 15 is 0 Å². The van der Waals surface area contributed by atoms with Crippen LogP contribution in [0.2, 0.25) is 5.02 Å². The van der Waals surface area contributed by atoms with Gasteiger partial charge in [0.1, 0.15) is 24.0 Å². The van der Waals surface area contributed by atoms with Crippen molar-refractivity contribution >= 4 is 23.4 Å². The van der Waals surface area contributed by atoms with E-state index in [-0.39, 0.29) is 12.0 Å². The summed E-state index contributed by atoms with van der Waals surface area (Å²) in [6.45, 7) is 1.45. The van der Waals surface area contributed by atoms with Crippen LogP contribution in [0.1, 0.15) is 13.3 Å². The van der Waals surface area contributed by atoms with Crippen LogP contribution in [0.5, 0.6) is 5.75 Å².